The molecule has 0 aromatic carbocycles. The first-order valence-electron chi connectivity index (χ1n) is 5.18. The smallest absolute Gasteiger partial charge is 0.305 e. The van der Waals surface area contributed by atoms with Gasteiger partial charge in [0.05, 0.1) is 6.61 Å². The predicted octanol–water partition coefficient (Wildman–Crippen LogP) is 3.01. The third-order valence-electron chi connectivity index (χ3n) is 1.88. The molecule has 0 aliphatic rings. The van der Waals surface area contributed by atoms with Crippen LogP contribution in [0.4, 0.5) is 0 Å². The van der Waals surface area contributed by atoms with E-state index in [1.165, 1.54) is 0 Å². The molecule has 0 radical (unpaired) electrons. The number of carbonyl (C=O) groups excluding carboxylic acids is 1. The van der Waals surface area contributed by atoms with Gasteiger partial charge in [0, 0.05) is 6.42 Å². The highest BCUT2D eigenvalue weighted by molar-refractivity contribution is 5.69. The maximum absolute atomic E-state index is 11.1. The molecule has 0 N–H and O–H groups in total. The van der Waals surface area contributed by atoms with Gasteiger partial charge in [-0.25, -0.2) is 0 Å². The fraction of sp³-hybridized carbons (Fsp3) is 0.909. The first-order chi connectivity index (χ1) is 6.02. The van der Waals surface area contributed by atoms with E-state index in [0.29, 0.717) is 24.9 Å². The lowest BCUT2D eigenvalue weighted by atomic mass is 10.1. The third-order valence-corrected chi connectivity index (χ3v) is 1.88. The molecule has 0 heterocycles. The molecule has 78 valence electrons. The number of rotatable bonds is 6. The highest BCUT2D eigenvalue weighted by atomic mass is 16.5. The van der Waals surface area contributed by atoms with Gasteiger partial charge in [0.2, 0.25) is 0 Å². The van der Waals surface area contributed by atoms with Gasteiger partial charge in [-0.1, -0.05) is 27.7 Å². The van der Waals surface area contributed by atoms with E-state index in [-0.39, 0.29) is 5.97 Å². The molecule has 0 saturated heterocycles. The number of hydrogen-bond acceptors (Lipinski definition) is 2. The van der Waals surface area contributed by atoms with E-state index >= 15 is 0 Å². The molecule has 0 aliphatic heterocycles. The van der Waals surface area contributed by atoms with Crippen LogP contribution in [0.3, 0.4) is 0 Å². The second-order valence-corrected chi connectivity index (χ2v) is 4.34. The molecule has 2 nitrogen and oxygen atoms in total. The van der Waals surface area contributed by atoms with Crippen molar-refractivity contribution in [1.82, 2.24) is 0 Å². The molecule has 0 fully saturated rings. The van der Waals surface area contributed by atoms with Crippen molar-refractivity contribution >= 4 is 5.97 Å². The highest BCUT2D eigenvalue weighted by Crippen LogP contribution is 2.05. The summed E-state index contributed by atoms with van der Waals surface area (Å²) in [4.78, 5) is 11.1. The zero-order valence-electron chi connectivity index (χ0n) is 9.30. The van der Waals surface area contributed by atoms with E-state index in [1.54, 1.807) is 0 Å². The number of hydrogen-bond donors (Lipinski definition) is 0. The Balaban J connectivity index is 3.30. The summed E-state index contributed by atoms with van der Waals surface area (Å²) in [5, 5.41) is 0. The Kier molecular flexibility index (Phi) is 6.65. The standard InChI is InChI=1S/C11H22O2/c1-9(2)5-6-11(12)13-8-7-10(3)4/h9-10H,5-8H2,1-4H3. The normalized spacial score (nSPS) is 10.9. The van der Waals surface area contributed by atoms with Crippen LogP contribution in [0.2, 0.25) is 0 Å². The Hall–Kier alpha value is -0.530. The van der Waals surface area contributed by atoms with Crippen LogP contribution in [0.1, 0.15) is 47.0 Å². The molecule has 0 aromatic rings. The van der Waals surface area contributed by atoms with Gasteiger partial charge in [-0.05, 0) is 24.7 Å². The van der Waals surface area contributed by atoms with Crippen LogP contribution in [0.5, 0.6) is 0 Å². The Morgan fingerprint density at radius 2 is 1.62 bits per heavy atom. The van der Waals surface area contributed by atoms with Crippen LogP contribution >= 0.6 is 0 Å². The fourth-order valence-corrected chi connectivity index (χ4v) is 0.887. The van der Waals surface area contributed by atoms with Crippen molar-refractivity contribution in [1.29, 1.82) is 0 Å². The van der Waals surface area contributed by atoms with Gasteiger partial charge in [-0.3, -0.25) is 4.79 Å². The average Bonchev–Trinajstić information content (AvgIpc) is 2.00. The van der Waals surface area contributed by atoms with E-state index in [4.69, 9.17) is 4.74 Å². The lowest BCUT2D eigenvalue weighted by Gasteiger charge is -2.07. The minimum absolute atomic E-state index is 0.0469. The monoisotopic (exact) mass is 186 g/mol. The molecular formula is C11H22O2. The van der Waals surface area contributed by atoms with Gasteiger partial charge < -0.3 is 4.74 Å². The molecular weight excluding hydrogens is 164 g/mol. The van der Waals surface area contributed by atoms with Gasteiger partial charge in [-0.2, -0.15) is 0 Å². The summed E-state index contributed by atoms with van der Waals surface area (Å²) < 4.78 is 5.06. The average molecular weight is 186 g/mol. The maximum Gasteiger partial charge on any atom is 0.305 e. The van der Waals surface area contributed by atoms with Crippen molar-refractivity contribution in [2.45, 2.75) is 47.0 Å². The maximum atomic E-state index is 11.1. The Labute approximate surface area is 81.7 Å². The van der Waals surface area contributed by atoms with E-state index in [2.05, 4.69) is 27.7 Å². The van der Waals surface area contributed by atoms with Gasteiger partial charge in [-0.15, -0.1) is 0 Å². The lowest BCUT2D eigenvalue weighted by Crippen LogP contribution is -2.08. The highest BCUT2D eigenvalue weighted by Gasteiger charge is 2.04. The van der Waals surface area contributed by atoms with E-state index in [0.717, 1.165) is 12.8 Å². The quantitative estimate of drug-likeness (QED) is 0.596. The SMILES string of the molecule is CC(C)CCOC(=O)CCC(C)C. The van der Waals surface area contributed by atoms with Gasteiger partial charge >= 0.3 is 5.97 Å². The predicted molar refractivity (Wildman–Crippen MR) is 54.5 cm³/mol. The minimum atomic E-state index is -0.0469. The minimum Gasteiger partial charge on any atom is -0.466 e. The van der Waals surface area contributed by atoms with Crippen LogP contribution in [-0.4, -0.2) is 12.6 Å². The number of ether oxygens (including phenoxy) is 1. The van der Waals surface area contributed by atoms with Gasteiger partial charge in [0.25, 0.3) is 0 Å². The zero-order chi connectivity index (χ0) is 10.3. The van der Waals surface area contributed by atoms with Crippen molar-refractivity contribution < 1.29 is 9.53 Å². The number of esters is 1. The summed E-state index contributed by atoms with van der Waals surface area (Å²) in [6, 6.07) is 0. The summed E-state index contributed by atoms with van der Waals surface area (Å²) in [5.41, 5.74) is 0. The first kappa shape index (κ1) is 12.5. The van der Waals surface area contributed by atoms with Crippen LogP contribution in [0.15, 0.2) is 0 Å². The molecule has 0 unspecified atom stereocenters. The summed E-state index contributed by atoms with van der Waals surface area (Å²) in [6.45, 7) is 9.06. The molecule has 13 heavy (non-hydrogen) atoms. The van der Waals surface area contributed by atoms with Crippen LogP contribution < -0.4 is 0 Å². The van der Waals surface area contributed by atoms with Crippen LogP contribution in [-0.2, 0) is 9.53 Å². The van der Waals surface area contributed by atoms with Crippen molar-refractivity contribution in [3.8, 4) is 0 Å². The molecule has 0 rings (SSSR count). The zero-order valence-corrected chi connectivity index (χ0v) is 9.30. The lowest BCUT2D eigenvalue weighted by molar-refractivity contribution is -0.144. The molecule has 0 aromatic heterocycles. The Morgan fingerprint density at radius 3 is 2.08 bits per heavy atom. The van der Waals surface area contributed by atoms with Crippen LogP contribution in [0, 0.1) is 11.8 Å². The van der Waals surface area contributed by atoms with E-state index in [1.807, 2.05) is 0 Å². The van der Waals surface area contributed by atoms with E-state index in [9.17, 15) is 4.79 Å². The largest absolute Gasteiger partial charge is 0.466 e. The topological polar surface area (TPSA) is 26.3 Å². The second kappa shape index (κ2) is 6.93. The molecule has 0 saturated carbocycles. The van der Waals surface area contributed by atoms with Gasteiger partial charge in [0.1, 0.15) is 0 Å². The Morgan fingerprint density at radius 1 is 1.08 bits per heavy atom. The molecule has 0 bridgehead atoms. The molecule has 0 spiro atoms. The fourth-order valence-electron chi connectivity index (χ4n) is 0.887. The molecule has 2 heteroatoms. The molecule has 0 aliphatic carbocycles. The molecule has 0 amide bonds. The van der Waals surface area contributed by atoms with Crippen LogP contribution in [0.25, 0.3) is 0 Å². The number of carbonyl (C=O) groups is 1. The van der Waals surface area contributed by atoms with Crippen molar-refractivity contribution in [3.05, 3.63) is 0 Å². The van der Waals surface area contributed by atoms with Crippen molar-refractivity contribution in [2.75, 3.05) is 6.61 Å². The summed E-state index contributed by atoms with van der Waals surface area (Å²) in [7, 11) is 0. The first-order valence-corrected chi connectivity index (χ1v) is 5.18. The summed E-state index contributed by atoms with van der Waals surface area (Å²) >= 11 is 0. The van der Waals surface area contributed by atoms with E-state index < -0.39 is 0 Å². The van der Waals surface area contributed by atoms with Crippen molar-refractivity contribution in [3.63, 3.8) is 0 Å². The summed E-state index contributed by atoms with van der Waals surface area (Å²) in [5.74, 6) is 1.14. The van der Waals surface area contributed by atoms with Gasteiger partial charge in [0.15, 0.2) is 0 Å². The van der Waals surface area contributed by atoms with Crippen molar-refractivity contribution in [2.24, 2.45) is 11.8 Å². The third kappa shape index (κ3) is 9.38. The summed E-state index contributed by atoms with van der Waals surface area (Å²) in [6.07, 6.45) is 2.46. The Bertz CT molecular complexity index is 139. The molecule has 0 atom stereocenters. The second-order valence-electron chi connectivity index (χ2n) is 4.34.